The number of para-hydroxylation sites is 1. The Bertz CT molecular complexity index is 298. The fourth-order valence-electron chi connectivity index (χ4n) is 1.04. The van der Waals surface area contributed by atoms with Crippen LogP contribution in [0, 0.1) is 0 Å². The summed E-state index contributed by atoms with van der Waals surface area (Å²) in [5.74, 6) is 0.158. The maximum atomic E-state index is 5.50. The molecule has 1 rings (SSSR count). The molecule has 4 nitrogen and oxygen atoms in total. The van der Waals surface area contributed by atoms with Crippen molar-refractivity contribution in [1.29, 1.82) is 0 Å². The van der Waals surface area contributed by atoms with Crippen LogP contribution in [0.5, 0.6) is 5.75 Å². The first-order chi connectivity index (χ1) is 8.14. The summed E-state index contributed by atoms with van der Waals surface area (Å²) in [4.78, 5) is 10.1. The highest BCUT2D eigenvalue weighted by molar-refractivity contribution is 5.20. The molecule has 0 radical (unpaired) electrons. The number of rotatable bonds is 8. The molecule has 1 aromatic rings. The van der Waals surface area contributed by atoms with Crippen LogP contribution in [-0.2, 0) is 14.5 Å². The molecule has 0 amide bonds. The predicted octanol–water partition coefficient (Wildman–Crippen LogP) is 2.79. The highest BCUT2D eigenvalue weighted by atomic mass is 17.2. The molecule has 96 valence electrons. The first kappa shape index (κ1) is 14.0. The number of hydrogen-bond acceptors (Lipinski definition) is 4. The molecule has 0 heterocycles. The zero-order valence-corrected chi connectivity index (χ0v) is 10.6. The summed E-state index contributed by atoms with van der Waals surface area (Å²) in [6, 6.07) is 9.68. The van der Waals surface area contributed by atoms with Gasteiger partial charge in [-0.2, -0.15) is 0 Å². The van der Waals surface area contributed by atoms with Crippen molar-refractivity contribution in [2.24, 2.45) is 0 Å². The van der Waals surface area contributed by atoms with Gasteiger partial charge in [-0.1, -0.05) is 18.2 Å². The van der Waals surface area contributed by atoms with Gasteiger partial charge in [-0.25, -0.2) is 9.78 Å². The minimum Gasteiger partial charge on any atom is -0.494 e. The molecule has 1 aromatic carbocycles. The van der Waals surface area contributed by atoms with Gasteiger partial charge in [0.1, 0.15) is 5.75 Å². The maximum absolute atomic E-state index is 5.50. The number of hydrogen-bond donors (Lipinski definition) is 0. The third-order valence-electron chi connectivity index (χ3n) is 2.14. The molecule has 0 fully saturated rings. The van der Waals surface area contributed by atoms with Gasteiger partial charge in [0.2, 0.25) is 0 Å². The van der Waals surface area contributed by atoms with E-state index in [1.165, 1.54) is 0 Å². The van der Waals surface area contributed by atoms with E-state index in [1.54, 1.807) is 21.0 Å². The molecule has 0 aliphatic carbocycles. The normalized spacial score (nSPS) is 11.5. The molecule has 0 aliphatic rings. The van der Waals surface area contributed by atoms with Crippen molar-refractivity contribution in [2.75, 3.05) is 20.3 Å². The standard InChI is InChI=1S/C13H20O4/c1-13(2,14-3)17-16-11-7-10-15-12-8-5-4-6-9-12/h4-6,8-9H,7,10-11H2,1-3H3. The van der Waals surface area contributed by atoms with Crippen LogP contribution in [0.1, 0.15) is 20.3 Å². The van der Waals surface area contributed by atoms with Crippen molar-refractivity contribution in [3.8, 4) is 5.75 Å². The molecule has 0 saturated heterocycles. The summed E-state index contributed by atoms with van der Waals surface area (Å²) in [5.41, 5.74) is 0. The SMILES string of the molecule is COC(C)(C)OOCCCOc1ccccc1. The lowest BCUT2D eigenvalue weighted by molar-refractivity contribution is -0.413. The predicted molar refractivity (Wildman–Crippen MR) is 64.7 cm³/mol. The Morgan fingerprint density at radius 1 is 1.06 bits per heavy atom. The zero-order valence-electron chi connectivity index (χ0n) is 10.6. The largest absolute Gasteiger partial charge is 0.494 e. The Balaban J connectivity index is 2.02. The van der Waals surface area contributed by atoms with Gasteiger partial charge < -0.3 is 9.47 Å². The summed E-state index contributed by atoms with van der Waals surface area (Å²) in [6.45, 7) is 4.64. The average molecular weight is 240 g/mol. The molecular weight excluding hydrogens is 220 g/mol. The van der Waals surface area contributed by atoms with E-state index in [1.807, 2.05) is 30.3 Å². The van der Waals surface area contributed by atoms with Crippen LogP contribution in [0.4, 0.5) is 0 Å². The molecule has 0 aromatic heterocycles. The smallest absolute Gasteiger partial charge is 0.195 e. The lowest BCUT2D eigenvalue weighted by atomic mass is 10.3. The Kier molecular flexibility index (Phi) is 5.97. The summed E-state index contributed by atoms with van der Waals surface area (Å²) in [6.07, 6.45) is 0.759. The number of methoxy groups -OCH3 is 1. The number of ether oxygens (including phenoxy) is 2. The van der Waals surface area contributed by atoms with E-state index in [4.69, 9.17) is 19.2 Å². The fourth-order valence-corrected chi connectivity index (χ4v) is 1.04. The molecule has 17 heavy (non-hydrogen) atoms. The van der Waals surface area contributed by atoms with Crippen molar-refractivity contribution >= 4 is 0 Å². The van der Waals surface area contributed by atoms with Crippen molar-refractivity contribution in [3.05, 3.63) is 30.3 Å². The molecule has 0 N–H and O–H groups in total. The topological polar surface area (TPSA) is 36.9 Å². The van der Waals surface area contributed by atoms with Gasteiger partial charge in [-0.05, 0) is 26.0 Å². The van der Waals surface area contributed by atoms with E-state index in [0.717, 1.165) is 12.2 Å². The summed E-state index contributed by atoms with van der Waals surface area (Å²) >= 11 is 0. The quantitative estimate of drug-likeness (QED) is 0.303. The van der Waals surface area contributed by atoms with Crippen LogP contribution in [0.2, 0.25) is 0 Å². The van der Waals surface area contributed by atoms with Gasteiger partial charge in [0, 0.05) is 13.5 Å². The second-order valence-electron chi connectivity index (χ2n) is 4.02. The summed E-state index contributed by atoms with van der Waals surface area (Å²) in [7, 11) is 1.57. The molecule has 4 heteroatoms. The Labute approximate surface area is 102 Å². The summed E-state index contributed by atoms with van der Waals surface area (Å²) in [5, 5.41) is 0. The van der Waals surface area contributed by atoms with Gasteiger partial charge in [0.25, 0.3) is 0 Å². The van der Waals surface area contributed by atoms with Crippen LogP contribution >= 0.6 is 0 Å². The third kappa shape index (κ3) is 6.26. The van der Waals surface area contributed by atoms with E-state index in [9.17, 15) is 0 Å². The lowest BCUT2D eigenvalue weighted by Gasteiger charge is -2.21. The minimum absolute atomic E-state index is 0.472. The van der Waals surface area contributed by atoms with E-state index in [2.05, 4.69) is 0 Å². The van der Waals surface area contributed by atoms with Crippen LogP contribution in [0.3, 0.4) is 0 Å². The molecule has 0 spiro atoms. The van der Waals surface area contributed by atoms with Crippen LogP contribution < -0.4 is 4.74 Å². The minimum atomic E-state index is -0.708. The fraction of sp³-hybridized carbons (Fsp3) is 0.538. The first-order valence-corrected chi connectivity index (χ1v) is 5.68. The number of benzene rings is 1. The monoisotopic (exact) mass is 240 g/mol. The van der Waals surface area contributed by atoms with Crippen molar-refractivity contribution in [3.63, 3.8) is 0 Å². The van der Waals surface area contributed by atoms with E-state index < -0.39 is 5.79 Å². The Hall–Kier alpha value is -1.10. The highest BCUT2D eigenvalue weighted by Gasteiger charge is 2.17. The van der Waals surface area contributed by atoms with Gasteiger partial charge in [0.15, 0.2) is 5.79 Å². The maximum Gasteiger partial charge on any atom is 0.195 e. The Morgan fingerprint density at radius 2 is 1.76 bits per heavy atom. The zero-order chi connectivity index (χ0) is 12.6. The van der Waals surface area contributed by atoms with E-state index in [-0.39, 0.29) is 0 Å². The van der Waals surface area contributed by atoms with Crippen molar-refractivity contribution in [2.45, 2.75) is 26.1 Å². The molecule has 0 aliphatic heterocycles. The van der Waals surface area contributed by atoms with E-state index >= 15 is 0 Å². The van der Waals surface area contributed by atoms with Crippen molar-refractivity contribution in [1.82, 2.24) is 0 Å². The average Bonchev–Trinajstić information content (AvgIpc) is 2.35. The molecule has 0 bridgehead atoms. The highest BCUT2D eigenvalue weighted by Crippen LogP contribution is 2.10. The molecule has 0 saturated carbocycles. The van der Waals surface area contributed by atoms with E-state index in [0.29, 0.717) is 13.2 Å². The van der Waals surface area contributed by atoms with Crippen molar-refractivity contribution < 1.29 is 19.2 Å². The molecule has 0 atom stereocenters. The van der Waals surface area contributed by atoms with Gasteiger partial charge in [-0.15, -0.1) is 0 Å². The van der Waals surface area contributed by atoms with Crippen LogP contribution in [0.15, 0.2) is 30.3 Å². The lowest BCUT2D eigenvalue weighted by Crippen LogP contribution is -2.27. The first-order valence-electron chi connectivity index (χ1n) is 5.68. The van der Waals surface area contributed by atoms with Gasteiger partial charge in [-0.3, -0.25) is 0 Å². The van der Waals surface area contributed by atoms with Crippen LogP contribution in [0.25, 0.3) is 0 Å². The molecule has 0 unspecified atom stereocenters. The van der Waals surface area contributed by atoms with Crippen LogP contribution in [-0.4, -0.2) is 26.1 Å². The van der Waals surface area contributed by atoms with Gasteiger partial charge in [0.05, 0.1) is 13.2 Å². The second-order valence-corrected chi connectivity index (χ2v) is 4.02. The summed E-state index contributed by atoms with van der Waals surface area (Å²) < 4.78 is 10.5. The second kappa shape index (κ2) is 7.27. The Morgan fingerprint density at radius 3 is 2.41 bits per heavy atom. The molecular formula is C13H20O4. The van der Waals surface area contributed by atoms with Gasteiger partial charge >= 0.3 is 0 Å². The third-order valence-corrected chi connectivity index (χ3v) is 2.14.